The fraction of sp³-hybridized carbons (Fsp3) is 0.0667. The van der Waals surface area contributed by atoms with Crippen molar-refractivity contribution in [3.8, 4) is 6.07 Å². The Morgan fingerprint density at radius 2 is 1.85 bits per heavy atom. The Hall–Kier alpha value is -2.45. The molecule has 0 radical (unpaired) electrons. The van der Waals surface area contributed by atoms with E-state index in [1.54, 1.807) is 24.3 Å². The first-order valence-corrected chi connectivity index (χ1v) is 6.68. The maximum Gasteiger partial charge on any atom is 0.307 e. The van der Waals surface area contributed by atoms with Gasteiger partial charge < -0.3 is 10.8 Å². The number of nitrogen functional groups attached to an aromatic ring is 1. The molecule has 0 aliphatic rings. The number of rotatable bonds is 4. The summed E-state index contributed by atoms with van der Waals surface area (Å²) in [4.78, 5) is 12.5. The summed E-state index contributed by atoms with van der Waals surface area (Å²) in [5.74, 6) is -0.845. The normalized spacial score (nSPS) is 9.95. The number of aliphatic carboxylic acids is 1. The van der Waals surface area contributed by atoms with Gasteiger partial charge >= 0.3 is 5.97 Å². The van der Waals surface area contributed by atoms with E-state index < -0.39 is 5.97 Å². The van der Waals surface area contributed by atoms with Crippen molar-refractivity contribution in [3.63, 3.8) is 0 Å². The number of anilines is 1. The fourth-order valence-corrected chi connectivity index (χ4v) is 2.54. The van der Waals surface area contributed by atoms with E-state index in [4.69, 9.17) is 16.1 Å². The molecule has 0 aliphatic heterocycles. The molecule has 20 heavy (non-hydrogen) atoms. The van der Waals surface area contributed by atoms with Crippen molar-refractivity contribution >= 4 is 23.4 Å². The molecule has 2 aromatic carbocycles. The van der Waals surface area contributed by atoms with Crippen LogP contribution in [0.1, 0.15) is 11.1 Å². The van der Waals surface area contributed by atoms with Gasteiger partial charge in [0.25, 0.3) is 0 Å². The van der Waals surface area contributed by atoms with Gasteiger partial charge in [-0.3, -0.25) is 4.79 Å². The van der Waals surface area contributed by atoms with Crippen LogP contribution in [0.5, 0.6) is 0 Å². The van der Waals surface area contributed by atoms with Gasteiger partial charge in [-0.2, -0.15) is 5.26 Å². The van der Waals surface area contributed by atoms with E-state index in [1.807, 2.05) is 24.3 Å². The smallest absolute Gasteiger partial charge is 0.307 e. The van der Waals surface area contributed by atoms with Crippen molar-refractivity contribution in [1.29, 1.82) is 5.26 Å². The van der Waals surface area contributed by atoms with Gasteiger partial charge in [0.2, 0.25) is 0 Å². The summed E-state index contributed by atoms with van der Waals surface area (Å²) in [5.41, 5.74) is 7.36. The lowest BCUT2D eigenvalue weighted by Gasteiger charge is -2.05. The molecule has 2 aromatic rings. The van der Waals surface area contributed by atoms with Crippen molar-refractivity contribution in [2.75, 3.05) is 5.73 Å². The molecule has 0 fully saturated rings. The zero-order valence-corrected chi connectivity index (χ0v) is 11.4. The molecular formula is C15H12N2O2S. The first-order chi connectivity index (χ1) is 9.58. The van der Waals surface area contributed by atoms with Crippen LogP contribution >= 0.6 is 11.8 Å². The van der Waals surface area contributed by atoms with Crippen molar-refractivity contribution < 1.29 is 9.90 Å². The number of carboxylic acids is 1. The zero-order chi connectivity index (χ0) is 14.5. The monoisotopic (exact) mass is 284 g/mol. The molecule has 0 atom stereocenters. The molecule has 0 heterocycles. The Morgan fingerprint density at radius 1 is 1.20 bits per heavy atom. The number of nitrogens with two attached hydrogens (primary N) is 1. The number of hydrogen-bond donors (Lipinski definition) is 2. The molecule has 0 amide bonds. The zero-order valence-electron chi connectivity index (χ0n) is 10.5. The van der Waals surface area contributed by atoms with Crippen LogP contribution in [0.3, 0.4) is 0 Å². The summed E-state index contributed by atoms with van der Waals surface area (Å²) in [6, 6.07) is 14.7. The number of hydrogen-bond acceptors (Lipinski definition) is 4. The second-order valence-electron chi connectivity index (χ2n) is 4.18. The molecule has 0 saturated heterocycles. The molecule has 0 aliphatic carbocycles. The largest absolute Gasteiger partial charge is 0.481 e. The average molecular weight is 284 g/mol. The van der Waals surface area contributed by atoms with Crippen molar-refractivity contribution in [2.24, 2.45) is 0 Å². The van der Waals surface area contributed by atoms with Crippen LogP contribution in [0.15, 0.2) is 52.3 Å². The first-order valence-electron chi connectivity index (χ1n) is 5.86. The number of benzene rings is 2. The maximum absolute atomic E-state index is 10.6. The van der Waals surface area contributed by atoms with Crippen LogP contribution in [0.2, 0.25) is 0 Å². The molecule has 0 spiro atoms. The van der Waals surface area contributed by atoms with Crippen molar-refractivity contribution in [3.05, 3.63) is 53.6 Å². The quantitative estimate of drug-likeness (QED) is 0.843. The Kier molecular flexibility index (Phi) is 4.28. The van der Waals surface area contributed by atoms with Gasteiger partial charge in [-0.15, -0.1) is 0 Å². The maximum atomic E-state index is 10.6. The molecule has 0 saturated carbocycles. The van der Waals surface area contributed by atoms with Crippen LogP contribution in [0.4, 0.5) is 5.69 Å². The Labute approximate surface area is 120 Å². The van der Waals surface area contributed by atoms with Gasteiger partial charge in [0.1, 0.15) is 6.07 Å². The van der Waals surface area contributed by atoms with Crippen molar-refractivity contribution in [2.45, 2.75) is 16.2 Å². The summed E-state index contributed by atoms with van der Waals surface area (Å²) in [5, 5.41) is 17.6. The summed E-state index contributed by atoms with van der Waals surface area (Å²) < 4.78 is 0. The lowest BCUT2D eigenvalue weighted by atomic mass is 10.2. The molecule has 100 valence electrons. The summed E-state index contributed by atoms with van der Waals surface area (Å²) in [6.07, 6.45) is 0.0192. The fourth-order valence-electron chi connectivity index (χ4n) is 1.68. The minimum Gasteiger partial charge on any atom is -0.481 e. The Morgan fingerprint density at radius 3 is 2.45 bits per heavy atom. The molecular weight excluding hydrogens is 272 g/mol. The van der Waals surface area contributed by atoms with Gasteiger partial charge in [0.15, 0.2) is 0 Å². The first kappa shape index (κ1) is 14.0. The molecule has 0 bridgehead atoms. The number of nitrogens with zero attached hydrogens (tertiary/aromatic N) is 1. The van der Waals surface area contributed by atoms with E-state index >= 15 is 0 Å². The molecule has 0 unspecified atom stereocenters. The molecule has 3 N–H and O–H groups in total. The van der Waals surface area contributed by atoms with E-state index in [0.717, 1.165) is 15.4 Å². The summed E-state index contributed by atoms with van der Waals surface area (Å²) in [7, 11) is 0. The summed E-state index contributed by atoms with van der Waals surface area (Å²) in [6.45, 7) is 0. The highest BCUT2D eigenvalue weighted by Crippen LogP contribution is 2.29. The topological polar surface area (TPSA) is 87.1 Å². The number of carboxylic acid groups (broad SMARTS) is 1. The van der Waals surface area contributed by atoms with Crippen molar-refractivity contribution in [1.82, 2.24) is 0 Å². The number of nitriles is 1. The van der Waals surface area contributed by atoms with Gasteiger partial charge in [0, 0.05) is 15.5 Å². The third-order valence-corrected chi connectivity index (χ3v) is 3.66. The van der Waals surface area contributed by atoms with Crippen LogP contribution in [0.25, 0.3) is 0 Å². The Bertz CT molecular complexity index is 675. The minimum absolute atomic E-state index is 0.0192. The van der Waals surface area contributed by atoms with E-state index in [1.165, 1.54) is 11.8 Å². The van der Waals surface area contributed by atoms with Gasteiger partial charge in [-0.1, -0.05) is 23.9 Å². The van der Waals surface area contributed by atoms with Gasteiger partial charge in [-0.25, -0.2) is 0 Å². The van der Waals surface area contributed by atoms with E-state index in [9.17, 15) is 4.79 Å². The highest BCUT2D eigenvalue weighted by atomic mass is 32.2. The third-order valence-electron chi connectivity index (χ3n) is 2.66. The van der Waals surface area contributed by atoms with E-state index in [-0.39, 0.29) is 6.42 Å². The van der Waals surface area contributed by atoms with Gasteiger partial charge in [0.05, 0.1) is 12.0 Å². The third kappa shape index (κ3) is 3.53. The van der Waals surface area contributed by atoms with Gasteiger partial charge in [-0.05, 0) is 35.9 Å². The lowest BCUT2D eigenvalue weighted by Crippen LogP contribution is -1.99. The second kappa shape index (κ2) is 6.13. The van der Waals surface area contributed by atoms with E-state index in [0.29, 0.717) is 11.3 Å². The van der Waals surface area contributed by atoms with Crippen LogP contribution in [-0.2, 0) is 11.2 Å². The standard InChI is InChI=1S/C15H12N2O2S/c16-9-11-8-13(5-6-14(11)17)20-12-3-1-10(2-4-12)7-15(18)19/h1-6,8H,7,17H2,(H,18,19). The predicted octanol–water partition coefficient (Wildman–Crippen LogP) is 2.92. The SMILES string of the molecule is N#Cc1cc(Sc2ccc(CC(=O)O)cc2)ccc1N. The molecule has 2 rings (SSSR count). The predicted molar refractivity (Wildman–Crippen MR) is 77.5 cm³/mol. The molecule has 5 heteroatoms. The highest BCUT2D eigenvalue weighted by Gasteiger charge is 2.04. The molecule has 0 aromatic heterocycles. The average Bonchev–Trinajstić information content (AvgIpc) is 2.42. The molecule has 4 nitrogen and oxygen atoms in total. The van der Waals surface area contributed by atoms with Crippen LogP contribution in [0, 0.1) is 11.3 Å². The van der Waals surface area contributed by atoms with Crippen LogP contribution in [-0.4, -0.2) is 11.1 Å². The second-order valence-corrected chi connectivity index (χ2v) is 5.32. The number of carbonyl (C=O) groups is 1. The highest BCUT2D eigenvalue weighted by molar-refractivity contribution is 7.99. The summed E-state index contributed by atoms with van der Waals surface area (Å²) >= 11 is 1.50. The minimum atomic E-state index is -0.845. The van der Waals surface area contributed by atoms with E-state index in [2.05, 4.69) is 0 Å². The lowest BCUT2D eigenvalue weighted by molar-refractivity contribution is -0.136. The Balaban J connectivity index is 2.14. The van der Waals surface area contributed by atoms with Crippen LogP contribution < -0.4 is 5.73 Å².